The van der Waals surface area contributed by atoms with Gasteiger partial charge < -0.3 is 19.0 Å². The molecule has 0 aliphatic heterocycles. The SMILES string of the molecule is CCCN.CCCSSSS[Si](OCC)(OCC)OCC. The molecule has 0 unspecified atom stereocenters. The Morgan fingerprint density at radius 1 is 0.810 bits per heavy atom. The summed E-state index contributed by atoms with van der Waals surface area (Å²) in [4.78, 5) is 0. The van der Waals surface area contributed by atoms with Crippen molar-refractivity contribution in [3.63, 3.8) is 0 Å². The molecular formula is C12H31NO3S4Si. The molecule has 0 radical (unpaired) electrons. The van der Waals surface area contributed by atoms with Crippen molar-refractivity contribution >= 4 is 48.6 Å². The quantitative estimate of drug-likeness (QED) is 0.267. The first-order valence-corrected chi connectivity index (χ1v) is 14.9. The highest BCUT2D eigenvalue weighted by molar-refractivity contribution is 9.28. The van der Waals surface area contributed by atoms with Crippen LogP contribution in [0.2, 0.25) is 0 Å². The van der Waals surface area contributed by atoms with Gasteiger partial charge in [-0.1, -0.05) is 24.6 Å². The molecule has 0 saturated carbocycles. The summed E-state index contributed by atoms with van der Waals surface area (Å²) < 4.78 is 17.2. The summed E-state index contributed by atoms with van der Waals surface area (Å²) in [6.07, 6.45) is 2.30. The van der Waals surface area contributed by atoms with Crippen LogP contribution in [0.3, 0.4) is 0 Å². The molecule has 4 nitrogen and oxygen atoms in total. The lowest BCUT2D eigenvalue weighted by molar-refractivity contribution is 0.0971. The monoisotopic (exact) mass is 393 g/mol. The summed E-state index contributed by atoms with van der Waals surface area (Å²) in [7, 11) is 4.45. The second kappa shape index (κ2) is 19.5. The van der Waals surface area contributed by atoms with Crippen LogP contribution in [0.1, 0.15) is 47.5 Å². The number of rotatable bonds is 13. The third-order valence-corrected chi connectivity index (χ3v) is 14.7. The molecular weight excluding hydrogens is 362 g/mol. The van der Waals surface area contributed by atoms with E-state index in [-0.39, 0.29) is 0 Å². The van der Waals surface area contributed by atoms with Crippen LogP contribution >= 0.6 is 40.7 Å². The van der Waals surface area contributed by atoms with Crippen molar-refractivity contribution in [1.82, 2.24) is 0 Å². The maximum atomic E-state index is 5.73. The van der Waals surface area contributed by atoms with Gasteiger partial charge in [0.2, 0.25) is 0 Å². The van der Waals surface area contributed by atoms with Crippen LogP contribution in [0.15, 0.2) is 0 Å². The topological polar surface area (TPSA) is 53.7 Å². The molecule has 0 aromatic rings. The molecule has 0 saturated heterocycles. The van der Waals surface area contributed by atoms with Gasteiger partial charge in [-0.3, -0.25) is 0 Å². The molecule has 0 atom stereocenters. The van der Waals surface area contributed by atoms with Gasteiger partial charge in [-0.25, -0.2) is 0 Å². The van der Waals surface area contributed by atoms with E-state index in [4.69, 9.17) is 19.0 Å². The van der Waals surface area contributed by atoms with Gasteiger partial charge in [0.1, 0.15) is 0 Å². The number of hydrogen-bond acceptors (Lipinski definition) is 8. The second-order valence-electron chi connectivity index (χ2n) is 3.63. The van der Waals surface area contributed by atoms with Crippen molar-refractivity contribution in [3.8, 4) is 0 Å². The average molecular weight is 394 g/mol. The van der Waals surface area contributed by atoms with Crippen LogP contribution < -0.4 is 5.73 Å². The van der Waals surface area contributed by atoms with Gasteiger partial charge in [0, 0.05) is 25.6 Å². The van der Waals surface area contributed by atoms with Crippen molar-refractivity contribution in [2.45, 2.75) is 47.5 Å². The van der Waals surface area contributed by atoms with Crippen LogP contribution in [0.5, 0.6) is 0 Å². The fourth-order valence-corrected chi connectivity index (χ4v) is 15.0. The molecule has 0 aliphatic rings. The highest BCUT2D eigenvalue weighted by Gasteiger charge is 2.43. The summed E-state index contributed by atoms with van der Waals surface area (Å²) in [6.45, 7) is 12.9. The first kappa shape index (κ1) is 24.7. The molecule has 0 aliphatic carbocycles. The minimum atomic E-state index is -2.51. The van der Waals surface area contributed by atoms with Crippen LogP contribution in [0.4, 0.5) is 0 Å². The fourth-order valence-electron chi connectivity index (χ4n) is 0.920. The van der Waals surface area contributed by atoms with Crippen molar-refractivity contribution in [1.29, 1.82) is 0 Å². The average Bonchev–Trinajstić information content (AvgIpc) is 2.48. The van der Waals surface area contributed by atoms with E-state index in [1.807, 2.05) is 31.6 Å². The van der Waals surface area contributed by atoms with Gasteiger partial charge in [0.25, 0.3) is 0 Å². The van der Waals surface area contributed by atoms with E-state index in [1.54, 1.807) is 29.9 Å². The van der Waals surface area contributed by atoms with E-state index >= 15 is 0 Å². The summed E-state index contributed by atoms with van der Waals surface area (Å²) in [5.74, 6) is 1.17. The zero-order chi connectivity index (χ0) is 16.4. The summed E-state index contributed by atoms with van der Waals surface area (Å²) in [5.41, 5.74) is 5.03. The summed E-state index contributed by atoms with van der Waals surface area (Å²) in [6, 6.07) is 0. The lowest BCUT2D eigenvalue weighted by Crippen LogP contribution is -2.42. The van der Waals surface area contributed by atoms with Gasteiger partial charge in [-0.15, -0.1) is 0 Å². The molecule has 0 spiro atoms. The van der Waals surface area contributed by atoms with Gasteiger partial charge in [0.15, 0.2) is 0 Å². The second-order valence-corrected chi connectivity index (χ2v) is 14.1. The molecule has 0 bridgehead atoms. The van der Waals surface area contributed by atoms with E-state index < -0.39 is 7.95 Å². The van der Waals surface area contributed by atoms with E-state index in [2.05, 4.69) is 13.8 Å². The van der Waals surface area contributed by atoms with Gasteiger partial charge >= 0.3 is 7.95 Å². The largest absolute Gasteiger partial charge is 0.585 e. The molecule has 0 rings (SSSR count). The van der Waals surface area contributed by atoms with Gasteiger partial charge in [-0.05, 0) is 70.1 Å². The fraction of sp³-hybridized carbons (Fsp3) is 1.00. The third-order valence-electron chi connectivity index (χ3n) is 1.75. The third kappa shape index (κ3) is 16.1. The molecule has 0 fully saturated rings. The Morgan fingerprint density at radius 3 is 1.62 bits per heavy atom. The van der Waals surface area contributed by atoms with Crippen molar-refractivity contribution in [2.24, 2.45) is 5.73 Å². The molecule has 0 amide bonds. The Kier molecular flexibility index (Phi) is 22.9. The normalized spacial score (nSPS) is 11.1. The summed E-state index contributed by atoms with van der Waals surface area (Å²) >= 11 is 0. The molecule has 0 aromatic carbocycles. The molecule has 21 heavy (non-hydrogen) atoms. The van der Waals surface area contributed by atoms with Crippen LogP contribution in [0, 0.1) is 0 Å². The maximum absolute atomic E-state index is 5.73. The predicted octanol–water partition coefficient (Wildman–Crippen LogP) is 4.97. The van der Waals surface area contributed by atoms with Crippen LogP contribution in [-0.2, 0) is 13.3 Å². The Bertz CT molecular complexity index is 188. The van der Waals surface area contributed by atoms with Crippen LogP contribution in [-0.4, -0.2) is 40.1 Å². The van der Waals surface area contributed by atoms with E-state index in [9.17, 15) is 0 Å². The van der Waals surface area contributed by atoms with Crippen molar-refractivity contribution in [3.05, 3.63) is 0 Å². The molecule has 130 valence electrons. The zero-order valence-corrected chi connectivity index (χ0v) is 18.2. The Balaban J connectivity index is 0. The highest BCUT2D eigenvalue weighted by Crippen LogP contribution is 2.48. The van der Waals surface area contributed by atoms with Crippen LogP contribution in [0.25, 0.3) is 0 Å². The minimum Gasteiger partial charge on any atom is -0.365 e. The minimum absolute atomic E-state index is 0.631. The molecule has 9 heteroatoms. The van der Waals surface area contributed by atoms with E-state index in [0.29, 0.717) is 19.8 Å². The first-order valence-electron chi connectivity index (χ1n) is 7.41. The van der Waals surface area contributed by atoms with Gasteiger partial charge in [0.05, 0.1) is 0 Å². The zero-order valence-electron chi connectivity index (χ0n) is 13.9. The Morgan fingerprint density at radius 2 is 1.29 bits per heavy atom. The lowest BCUT2D eigenvalue weighted by atomic mass is 10.5. The smallest absolute Gasteiger partial charge is 0.365 e. The number of nitrogens with two attached hydrogens (primary N) is 1. The van der Waals surface area contributed by atoms with Gasteiger partial charge in [-0.2, -0.15) is 0 Å². The standard InChI is InChI=1S/C9H22O3S4Si.C3H9N/c1-5-9-13-14-15-16-17(10-6-2,11-7-3)12-8-4;1-2-3-4/h5-9H2,1-4H3;2-4H2,1H3. The predicted molar refractivity (Wildman–Crippen MR) is 105 cm³/mol. The highest BCUT2D eigenvalue weighted by atomic mass is 33.7. The molecule has 2 N–H and O–H groups in total. The lowest BCUT2D eigenvalue weighted by Gasteiger charge is -2.25. The first-order chi connectivity index (χ1) is 10.2. The summed E-state index contributed by atoms with van der Waals surface area (Å²) in [5, 5.41) is 0. The maximum Gasteiger partial charge on any atom is 0.585 e. The van der Waals surface area contributed by atoms with Crippen molar-refractivity contribution in [2.75, 3.05) is 32.1 Å². The van der Waals surface area contributed by atoms with E-state index in [1.165, 1.54) is 12.2 Å². The molecule has 0 heterocycles. The Hall–Kier alpha value is 1.46. The number of hydrogen-bond donors (Lipinski definition) is 1. The van der Waals surface area contributed by atoms with E-state index in [0.717, 1.165) is 13.0 Å². The molecule has 0 aromatic heterocycles. The van der Waals surface area contributed by atoms with Crippen molar-refractivity contribution < 1.29 is 13.3 Å². The Labute approximate surface area is 147 Å².